The number of anilines is 3. The van der Waals surface area contributed by atoms with Crippen molar-refractivity contribution in [1.82, 2.24) is 14.9 Å². The molecule has 11 heteroatoms. The normalized spacial score (nSPS) is 16.8. The molecule has 0 radical (unpaired) electrons. The van der Waals surface area contributed by atoms with E-state index in [4.69, 9.17) is 0 Å². The van der Waals surface area contributed by atoms with Gasteiger partial charge >= 0.3 is 0 Å². The van der Waals surface area contributed by atoms with Gasteiger partial charge in [0.2, 0.25) is 5.91 Å². The number of nitrogens with zero attached hydrogens (tertiary/aromatic N) is 5. The Morgan fingerprint density at radius 3 is 2.51 bits per heavy atom. The summed E-state index contributed by atoms with van der Waals surface area (Å²) >= 11 is 0. The minimum atomic E-state index is -3.77. The van der Waals surface area contributed by atoms with Crippen molar-refractivity contribution in [2.75, 3.05) is 47.2 Å². The first-order valence-corrected chi connectivity index (χ1v) is 13.8. The van der Waals surface area contributed by atoms with Gasteiger partial charge in [0, 0.05) is 57.9 Å². The molecule has 0 bridgehead atoms. The van der Waals surface area contributed by atoms with Crippen LogP contribution in [-0.4, -0.2) is 68.0 Å². The van der Waals surface area contributed by atoms with Gasteiger partial charge < -0.3 is 14.7 Å². The predicted molar refractivity (Wildman–Crippen MR) is 142 cm³/mol. The molecular formula is C26H31FN6O3S. The van der Waals surface area contributed by atoms with Gasteiger partial charge in [-0.25, -0.2) is 17.8 Å². The molecule has 2 aliphatic heterocycles. The summed E-state index contributed by atoms with van der Waals surface area (Å²) in [6.07, 6.45) is 5.94. The number of carbonyl (C=O) groups excluding carboxylic acids is 1. The highest BCUT2D eigenvalue weighted by Gasteiger charge is 2.31. The summed E-state index contributed by atoms with van der Waals surface area (Å²) < 4.78 is 41.4. The van der Waals surface area contributed by atoms with Gasteiger partial charge in [-0.15, -0.1) is 0 Å². The first-order valence-electron chi connectivity index (χ1n) is 12.3. The van der Waals surface area contributed by atoms with E-state index in [-0.39, 0.29) is 29.9 Å². The summed E-state index contributed by atoms with van der Waals surface area (Å²) in [6, 6.07) is 11.1. The van der Waals surface area contributed by atoms with Gasteiger partial charge in [0.15, 0.2) is 5.82 Å². The lowest BCUT2D eigenvalue weighted by Gasteiger charge is -2.41. The molecule has 5 rings (SSSR count). The molecule has 1 amide bonds. The number of amides is 1. The maximum absolute atomic E-state index is 13.7. The molecule has 1 fully saturated rings. The zero-order valence-electron chi connectivity index (χ0n) is 20.5. The topological polar surface area (TPSA) is 98.7 Å². The van der Waals surface area contributed by atoms with Gasteiger partial charge in [-0.1, -0.05) is 0 Å². The summed E-state index contributed by atoms with van der Waals surface area (Å²) in [5, 5.41) is 0. The number of halogens is 1. The lowest BCUT2D eigenvalue weighted by atomic mass is 9.99. The zero-order chi connectivity index (χ0) is 26.0. The van der Waals surface area contributed by atoms with E-state index in [1.54, 1.807) is 36.4 Å². The number of carbonyl (C=O) groups is 1. The lowest BCUT2D eigenvalue weighted by molar-refractivity contribution is -0.132. The van der Waals surface area contributed by atoms with Gasteiger partial charge in [0.25, 0.3) is 10.0 Å². The molecule has 196 valence electrons. The van der Waals surface area contributed by atoms with E-state index in [9.17, 15) is 17.6 Å². The Morgan fingerprint density at radius 1 is 1.05 bits per heavy atom. The molecule has 2 aromatic carbocycles. The van der Waals surface area contributed by atoms with E-state index >= 15 is 0 Å². The van der Waals surface area contributed by atoms with E-state index in [0.717, 1.165) is 36.3 Å². The Bertz CT molecular complexity index is 1370. The fourth-order valence-corrected chi connectivity index (χ4v) is 5.96. The number of aryl methyl sites for hydroxylation is 1. The van der Waals surface area contributed by atoms with Crippen LogP contribution in [0.2, 0.25) is 0 Å². The largest absolute Gasteiger partial charge is 0.368 e. The molecule has 3 aromatic rings. The van der Waals surface area contributed by atoms with E-state index in [2.05, 4.69) is 24.5 Å². The number of benzene rings is 2. The quantitative estimate of drug-likeness (QED) is 0.527. The second-order valence-corrected chi connectivity index (χ2v) is 10.9. The molecule has 37 heavy (non-hydrogen) atoms. The number of sulfonamides is 1. The predicted octanol–water partition coefficient (Wildman–Crippen LogP) is 3.15. The van der Waals surface area contributed by atoms with Gasteiger partial charge in [0.05, 0.1) is 11.1 Å². The molecule has 0 saturated carbocycles. The number of hydrogen-bond acceptors (Lipinski definition) is 7. The summed E-state index contributed by atoms with van der Waals surface area (Å²) in [5.74, 6) is -0.0294. The Kier molecular flexibility index (Phi) is 6.96. The molecular weight excluding hydrogens is 495 g/mol. The van der Waals surface area contributed by atoms with Gasteiger partial charge in [-0.05, 0) is 67.8 Å². The molecule has 2 aliphatic rings. The fraction of sp³-hybridized carbons (Fsp3) is 0.346. The molecule has 1 atom stereocenters. The fourth-order valence-electron chi connectivity index (χ4n) is 4.96. The summed E-state index contributed by atoms with van der Waals surface area (Å²) in [7, 11) is -3.77. The molecule has 3 heterocycles. The van der Waals surface area contributed by atoms with Crippen LogP contribution in [0.3, 0.4) is 0 Å². The Balaban J connectivity index is 0.00000336. The number of nitrogens with one attached hydrogen (secondary N) is 1. The first kappa shape index (κ1) is 24.9. The monoisotopic (exact) mass is 526 g/mol. The SMILES string of the molecule is C[C@H](C(=O)N1CCN(c2ccc(S(=O)(=O)Nc3cnccn3)cc2)CC1)N1CCCc2cc(F)ccc21.[HH]. The Morgan fingerprint density at radius 2 is 1.81 bits per heavy atom. The third-order valence-electron chi connectivity index (χ3n) is 6.93. The second kappa shape index (κ2) is 10.3. The van der Waals surface area contributed by atoms with Crippen molar-refractivity contribution in [3.8, 4) is 0 Å². The Hall–Kier alpha value is -3.73. The van der Waals surface area contributed by atoms with Crippen molar-refractivity contribution in [3.63, 3.8) is 0 Å². The highest BCUT2D eigenvalue weighted by atomic mass is 32.2. The average Bonchev–Trinajstić information content (AvgIpc) is 2.92. The Labute approximate surface area is 217 Å². The van der Waals surface area contributed by atoms with Crippen LogP contribution in [0.1, 0.15) is 20.3 Å². The van der Waals surface area contributed by atoms with Crippen LogP contribution in [0, 0.1) is 5.82 Å². The van der Waals surface area contributed by atoms with E-state index in [1.807, 2.05) is 11.8 Å². The highest BCUT2D eigenvalue weighted by Crippen LogP contribution is 2.30. The number of hydrogen-bond donors (Lipinski definition) is 1. The lowest BCUT2D eigenvalue weighted by Crippen LogP contribution is -2.55. The maximum atomic E-state index is 13.7. The smallest absolute Gasteiger partial charge is 0.263 e. The molecule has 0 aliphatic carbocycles. The molecule has 0 spiro atoms. The van der Waals surface area contributed by atoms with E-state index in [0.29, 0.717) is 26.2 Å². The zero-order valence-corrected chi connectivity index (χ0v) is 21.4. The number of aromatic nitrogens is 2. The number of rotatable bonds is 6. The standard InChI is InChI=1S/C26H29FN6O3S.H2/c1-19(33-12-2-3-20-17-21(27)4-9-24(20)33)26(34)32-15-13-31(14-16-32)22-5-7-23(8-6-22)37(35,36)30-25-18-28-10-11-29-25;/h4-11,17-19H,2-3,12-16H2,1H3,(H,29,30);1H/t19-;/m1./s1. The van der Waals surface area contributed by atoms with Crippen molar-refractivity contribution in [3.05, 3.63) is 72.4 Å². The third kappa shape index (κ3) is 5.36. The van der Waals surface area contributed by atoms with Crippen molar-refractivity contribution >= 4 is 33.1 Å². The van der Waals surface area contributed by atoms with Crippen LogP contribution in [0.4, 0.5) is 21.6 Å². The van der Waals surface area contributed by atoms with Crippen LogP contribution in [0.15, 0.2) is 66.0 Å². The molecule has 0 unspecified atom stereocenters. The molecule has 1 saturated heterocycles. The summed E-state index contributed by atoms with van der Waals surface area (Å²) in [5.41, 5.74) is 2.79. The summed E-state index contributed by atoms with van der Waals surface area (Å²) in [6.45, 7) is 5.12. The van der Waals surface area contributed by atoms with Crippen LogP contribution in [-0.2, 0) is 21.2 Å². The maximum Gasteiger partial charge on any atom is 0.263 e. The number of piperazine rings is 1. The minimum absolute atomic E-state index is 0. The molecule has 9 nitrogen and oxygen atoms in total. The first-order chi connectivity index (χ1) is 17.8. The third-order valence-corrected chi connectivity index (χ3v) is 8.30. The molecule has 1 N–H and O–H groups in total. The van der Waals surface area contributed by atoms with Crippen molar-refractivity contribution in [2.24, 2.45) is 0 Å². The average molecular weight is 527 g/mol. The van der Waals surface area contributed by atoms with E-state index < -0.39 is 10.0 Å². The van der Waals surface area contributed by atoms with Crippen molar-refractivity contribution < 1.29 is 19.0 Å². The van der Waals surface area contributed by atoms with Crippen molar-refractivity contribution in [2.45, 2.75) is 30.7 Å². The van der Waals surface area contributed by atoms with Gasteiger partial charge in [-0.3, -0.25) is 14.5 Å². The van der Waals surface area contributed by atoms with Gasteiger partial charge in [-0.2, -0.15) is 0 Å². The van der Waals surface area contributed by atoms with E-state index in [1.165, 1.54) is 24.7 Å². The molecule has 1 aromatic heterocycles. The highest BCUT2D eigenvalue weighted by molar-refractivity contribution is 7.92. The summed E-state index contributed by atoms with van der Waals surface area (Å²) in [4.78, 5) is 27.4. The van der Waals surface area contributed by atoms with Crippen LogP contribution in [0.5, 0.6) is 0 Å². The van der Waals surface area contributed by atoms with Crippen LogP contribution >= 0.6 is 0 Å². The van der Waals surface area contributed by atoms with Crippen LogP contribution < -0.4 is 14.5 Å². The van der Waals surface area contributed by atoms with Crippen molar-refractivity contribution in [1.29, 1.82) is 0 Å². The van der Waals surface area contributed by atoms with Gasteiger partial charge in [0.1, 0.15) is 11.9 Å². The second-order valence-electron chi connectivity index (χ2n) is 9.25. The number of fused-ring (bicyclic) bond motifs is 1. The minimum Gasteiger partial charge on any atom is -0.368 e. The van der Waals surface area contributed by atoms with Crippen LogP contribution in [0.25, 0.3) is 0 Å².